The van der Waals surface area contributed by atoms with E-state index in [4.69, 9.17) is 10.6 Å². The maximum absolute atomic E-state index is 5.45. The number of nitrogens with one attached hydrogen (secondary N) is 1. The predicted molar refractivity (Wildman–Crippen MR) is 71.6 cm³/mol. The van der Waals surface area contributed by atoms with Gasteiger partial charge in [-0.1, -0.05) is 13.8 Å². The minimum Gasteiger partial charge on any atom is -0.490 e. The number of hydrogen-bond donors (Lipinski definition) is 2. The Balaban J connectivity index is 2.34. The fourth-order valence-electron chi connectivity index (χ4n) is 2.05. The highest BCUT2D eigenvalue weighted by atomic mass is 16.5. The van der Waals surface area contributed by atoms with Crippen LogP contribution in [0.4, 0.5) is 11.6 Å². The summed E-state index contributed by atoms with van der Waals surface area (Å²) in [6, 6.07) is 0.571. The Morgan fingerprint density at radius 2 is 2.22 bits per heavy atom. The summed E-state index contributed by atoms with van der Waals surface area (Å²) >= 11 is 0. The molecule has 3 N–H and O–H groups in total. The first-order valence-electron chi connectivity index (χ1n) is 6.29. The zero-order valence-corrected chi connectivity index (χ0v) is 11.2. The van der Waals surface area contributed by atoms with E-state index in [9.17, 15) is 0 Å². The normalized spacial score (nSPS) is 14.7. The third-order valence-electron chi connectivity index (χ3n) is 2.95. The number of anilines is 2. The highest BCUT2D eigenvalue weighted by Gasteiger charge is 2.32. The van der Waals surface area contributed by atoms with Crippen molar-refractivity contribution in [2.45, 2.75) is 32.7 Å². The minimum absolute atomic E-state index is 0.525. The molecule has 0 bridgehead atoms. The maximum Gasteiger partial charge on any atom is 0.205 e. The second-order valence-corrected chi connectivity index (χ2v) is 5.00. The lowest BCUT2D eigenvalue weighted by molar-refractivity contribution is 0.410. The number of hydrazine groups is 1. The molecule has 6 nitrogen and oxygen atoms in total. The van der Waals surface area contributed by atoms with Crippen LogP contribution >= 0.6 is 0 Å². The van der Waals surface area contributed by atoms with Gasteiger partial charge in [-0.2, -0.15) is 0 Å². The van der Waals surface area contributed by atoms with Crippen LogP contribution in [0.25, 0.3) is 0 Å². The van der Waals surface area contributed by atoms with E-state index in [1.54, 1.807) is 7.11 Å². The van der Waals surface area contributed by atoms with E-state index in [0.29, 0.717) is 23.5 Å². The summed E-state index contributed by atoms with van der Waals surface area (Å²) in [7, 11) is 1.61. The molecular weight excluding hydrogens is 230 g/mol. The lowest BCUT2D eigenvalue weighted by Crippen LogP contribution is -2.31. The fraction of sp³-hybridized carbons (Fsp3) is 0.667. The van der Waals surface area contributed by atoms with E-state index >= 15 is 0 Å². The van der Waals surface area contributed by atoms with E-state index < -0.39 is 0 Å². The number of hydrogen-bond acceptors (Lipinski definition) is 6. The Hall–Kier alpha value is -1.56. The van der Waals surface area contributed by atoms with E-state index in [-0.39, 0.29) is 0 Å². The molecule has 1 saturated carbocycles. The third-order valence-corrected chi connectivity index (χ3v) is 2.95. The molecule has 0 spiro atoms. The van der Waals surface area contributed by atoms with Gasteiger partial charge in [0.25, 0.3) is 0 Å². The van der Waals surface area contributed by atoms with E-state index in [0.717, 1.165) is 12.4 Å². The van der Waals surface area contributed by atoms with Crippen LogP contribution in [0.1, 0.15) is 26.7 Å². The van der Waals surface area contributed by atoms with E-state index in [1.165, 1.54) is 19.2 Å². The van der Waals surface area contributed by atoms with Crippen LogP contribution in [-0.2, 0) is 0 Å². The van der Waals surface area contributed by atoms with Crippen molar-refractivity contribution in [3.05, 3.63) is 6.33 Å². The van der Waals surface area contributed by atoms with Gasteiger partial charge in [-0.3, -0.25) is 0 Å². The van der Waals surface area contributed by atoms with Crippen LogP contribution in [0.5, 0.6) is 5.75 Å². The Bertz CT molecular complexity index is 405. The zero-order valence-electron chi connectivity index (χ0n) is 11.2. The van der Waals surface area contributed by atoms with Gasteiger partial charge in [0.1, 0.15) is 6.33 Å². The minimum atomic E-state index is 0.525. The van der Waals surface area contributed by atoms with Gasteiger partial charge in [-0.15, -0.1) is 0 Å². The van der Waals surface area contributed by atoms with Crippen LogP contribution in [0, 0.1) is 5.92 Å². The first-order chi connectivity index (χ1) is 8.67. The molecule has 0 aliphatic heterocycles. The summed E-state index contributed by atoms with van der Waals surface area (Å²) in [6.45, 7) is 5.36. The smallest absolute Gasteiger partial charge is 0.205 e. The van der Waals surface area contributed by atoms with E-state index in [2.05, 4.69) is 34.1 Å². The summed E-state index contributed by atoms with van der Waals surface area (Å²) in [5.41, 5.74) is 2.55. The van der Waals surface area contributed by atoms with Crippen molar-refractivity contribution < 1.29 is 4.74 Å². The topological polar surface area (TPSA) is 76.3 Å². The molecule has 1 fully saturated rings. The van der Waals surface area contributed by atoms with Crippen LogP contribution in [-0.4, -0.2) is 29.7 Å². The molecule has 18 heavy (non-hydrogen) atoms. The molecule has 6 heteroatoms. The lowest BCUT2D eigenvalue weighted by Gasteiger charge is -2.27. The first kappa shape index (κ1) is 12.9. The third kappa shape index (κ3) is 2.64. The summed E-state index contributed by atoms with van der Waals surface area (Å²) in [5, 5.41) is 0. The quantitative estimate of drug-likeness (QED) is 0.588. The molecule has 0 unspecified atom stereocenters. The molecule has 100 valence electrons. The van der Waals surface area contributed by atoms with Gasteiger partial charge < -0.3 is 15.1 Å². The standard InChI is InChI=1S/C12H21N5O/c1-8(2)6-17(9-4-5-9)12-10(18-3)11(16-13)14-7-15-12/h7-9H,4-6,13H2,1-3H3,(H,14,15,16). The summed E-state index contributed by atoms with van der Waals surface area (Å²) in [6.07, 6.45) is 3.94. The van der Waals surface area contributed by atoms with Gasteiger partial charge in [0, 0.05) is 12.6 Å². The van der Waals surface area contributed by atoms with Gasteiger partial charge in [-0.05, 0) is 18.8 Å². The summed E-state index contributed by atoms with van der Waals surface area (Å²) in [4.78, 5) is 10.7. The number of ether oxygens (including phenoxy) is 1. The Morgan fingerprint density at radius 1 is 1.50 bits per heavy atom. The van der Waals surface area contributed by atoms with Crippen molar-refractivity contribution >= 4 is 11.6 Å². The molecule has 1 aromatic rings. The maximum atomic E-state index is 5.45. The van der Waals surface area contributed by atoms with Gasteiger partial charge in [0.05, 0.1) is 7.11 Å². The predicted octanol–water partition coefficient (Wildman–Crippen LogP) is 1.40. The van der Waals surface area contributed by atoms with Crippen LogP contribution in [0.3, 0.4) is 0 Å². The number of rotatable bonds is 6. The SMILES string of the molecule is COc1c(NN)ncnc1N(CC(C)C)C1CC1. The van der Waals surface area contributed by atoms with Gasteiger partial charge in [0.15, 0.2) is 11.6 Å². The molecule has 0 saturated heterocycles. The van der Waals surface area contributed by atoms with Crippen LogP contribution in [0.2, 0.25) is 0 Å². The van der Waals surface area contributed by atoms with Crippen molar-refractivity contribution in [1.82, 2.24) is 9.97 Å². The second-order valence-electron chi connectivity index (χ2n) is 5.00. The van der Waals surface area contributed by atoms with Crippen molar-refractivity contribution in [2.24, 2.45) is 11.8 Å². The van der Waals surface area contributed by atoms with Gasteiger partial charge in [0.2, 0.25) is 5.75 Å². The van der Waals surface area contributed by atoms with E-state index in [1.807, 2.05) is 0 Å². The first-order valence-corrected chi connectivity index (χ1v) is 6.29. The van der Waals surface area contributed by atoms with Crippen molar-refractivity contribution in [3.8, 4) is 5.75 Å². The van der Waals surface area contributed by atoms with Gasteiger partial charge >= 0.3 is 0 Å². The monoisotopic (exact) mass is 251 g/mol. The van der Waals surface area contributed by atoms with Crippen molar-refractivity contribution in [1.29, 1.82) is 0 Å². The largest absolute Gasteiger partial charge is 0.490 e. The van der Waals surface area contributed by atoms with Gasteiger partial charge in [-0.25, -0.2) is 15.8 Å². The Morgan fingerprint density at radius 3 is 2.72 bits per heavy atom. The molecule has 0 aromatic carbocycles. The molecule has 2 rings (SSSR count). The molecule has 1 aliphatic carbocycles. The molecule has 1 aliphatic rings. The summed E-state index contributed by atoms with van der Waals surface area (Å²) in [5.74, 6) is 7.99. The van der Waals surface area contributed by atoms with Crippen molar-refractivity contribution in [2.75, 3.05) is 24.0 Å². The number of nitrogens with zero attached hydrogens (tertiary/aromatic N) is 3. The number of nitrogens with two attached hydrogens (primary N) is 1. The number of aromatic nitrogens is 2. The zero-order chi connectivity index (χ0) is 13.1. The molecule has 0 radical (unpaired) electrons. The van der Waals surface area contributed by atoms with Crippen LogP contribution in [0.15, 0.2) is 6.33 Å². The average molecular weight is 251 g/mol. The number of nitrogen functional groups attached to an aromatic ring is 1. The molecule has 1 aromatic heterocycles. The van der Waals surface area contributed by atoms with Crippen LogP contribution < -0.4 is 20.9 Å². The Labute approximate surface area is 108 Å². The highest BCUT2D eigenvalue weighted by Crippen LogP contribution is 2.38. The lowest BCUT2D eigenvalue weighted by atomic mass is 10.2. The number of methoxy groups -OCH3 is 1. The average Bonchev–Trinajstić information content (AvgIpc) is 3.18. The molecule has 1 heterocycles. The molecule has 0 atom stereocenters. The molecule has 0 amide bonds. The Kier molecular flexibility index (Phi) is 3.86. The fourth-order valence-corrected chi connectivity index (χ4v) is 2.05. The second kappa shape index (κ2) is 5.39. The molecular formula is C12H21N5O. The highest BCUT2D eigenvalue weighted by molar-refractivity contribution is 5.65. The van der Waals surface area contributed by atoms with Crippen molar-refractivity contribution in [3.63, 3.8) is 0 Å². The summed E-state index contributed by atoms with van der Waals surface area (Å²) < 4.78 is 5.40.